The average Bonchev–Trinajstić information content (AvgIpc) is 3.60. The minimum absolute atomic E-state index is 0.0120. The van der Waals surface area contributed by atoms with Gasteiger partial charge in [-0.15, -0.1) is 0 Å². The predicted molar refractivity (Wildman–Crippen MR) is 109 cm³/mol. The van der Waals surface area contributed by atoms with Crippen LogP contribution in [0.4, 0.5) is 0 Å². The number of hydrazine groups is 1. The number of hydrogen-bond acceptors (Lipinski definition) is 6. The lowest BCUT2D eigenvalue weighted by molar-refractivity contribution is 0.0846. The number of sulfonamides is 1. The maximum Gasteiger partial charge on any atom is 0.269 e. The van der Waals surface area contributed by atoms with Gasteiger partial charge in [0.25, 0.3) is 11.8 Å². The van der Waals surface area contributed by atoms with E-state index < -0.39 is 21.8 Å². The number of rotatable bonds is 8. The summed E-state index contributed by atoms with van der Waals surface area (Å²) in [6.07, 6.45) is 2.04. The first-order valence-corrected chi connectivity index (χ1v) is 10.7. The molecule has 9 nitrogen and oxygen atoms in total. The minimum Gasteiger partial charge on any atom is -0.493 e. The zero-order valence-electron chi connectivity index (χ0n) is 16.6. The molecule has 1 aliphatic carbocycles. The van der Waals surface area contributed by atoms with Crippen molar-refractivity contribution in [3.05, 3.63) is 53.6 Å². The molecule has 0 heterocycles. The maximum atomic E-state index is 12.4. The summed E-state index contributed by atoms with van der Waals surface area (Å²) < 4.78 is 37.5. The number of nitrogens with one attached hydrogen (secondary N) is 3. The lowest BCUT2D eigenvalue weighted by Crippen LogP contribution is -2.41. The highest BCUT2D eigenvalue weighted by Gasteiger charge is 2.24. The summed E-state index contributed by atoms with van der Waals surface area (Å²) in [6.45, 7) is 0.389. The summed E-state index contributed by atoms with van der Waals surface area (Å²) in [5, 5.41) is 0. The van der Waals surface area contributed by atoms with Crippen molar-refractivity contribution in [2.24, 2.45) is 5.92 Å². The first-order chi connectivity index (χ1) is 14.3. The molecule has 0 atom stereocenters. The van der Waals surface area contributed by atoms with Crippen molar-refractivity contribution in [3.8, 4) is 11.5 Å². The molecule has 1 aliphatic rings. The Labute approximate surface area is 174 Å². The van der Waals surface area contributed by atoms with Crippen molar-refractivity contribution in [2.45, 2.75) is 17.7 Å². The van der Waals surface area contributed by atoms with Crippen LogP contribution in [0.3, 0.4) is 0 Å². The first kappa shape index (κ1) is 21.6. The normalized spacial score (nSPS) is 13.4. The second kappa shape index (κ2) is 9.14. The fraction of sp³-hybridized carbons (Fsp3) is 0.300. The fourth-order valence-corrected chi connectivity index (χ4v) is 3.83. The van der Waals surface area contributed by atoms with E-state index in [-0.39, 0.29) is 16.0 Å². The van der Waals surface area contributed by atoms with Crippen molar-refractivity contribution in [2.75, 3.05) is 20.8 Å². The molecule has 0 radical (unpaired) electrons. The lowest BCUT2D eigenvalue weighted by Gasteiger charge is -2.11. The van der Waals surface area contributed by atoms with Gasteiger partial charge < -0.3 is 9.47 Å². The number of carbonyl (C=O) groups excluding carboxylic acids is 2. The Morgan fingerprint density at radius 2 is 1.57 bits per heavy atom. The van der Waals surface area contributed by atoms with E-state index in [1.54, 1.807) is 6.07 Å². The average molecular weight is 433 g/mol. The molecule has 0 aliphatic heterocycles. The molecule has 0 saturated heterocycles. The molecule has 0 spiro atoms. The van der Waals surface area contributed by atoms with Crippen LogP contribution in [0.25, 0.3) is 0 Å². The molecule has 160 valence electrons. The SMILES string of the molecule is COc1ccc(C(=O)NNC(=O)c2cccc(S(=O)(=O)NCC3CC3)c2)cc1OC. The van der Waals surface area contributed by atoms with Crippen molar-refractivity contribution < 1.29 is 27.5 Å². The van der Waals surface area contributed by atoms with Crippen LogP contribution in [0.1, 0.15) is 33.6 Å². The molecule has 2 aromatic carbocycles. The zero-order chi connectivity index (χ0) is 21.7. The zero-order valence-corrected chi connectivity index (χ0v) is 17.4. The second-order valence-electron chi connectivity index (χ2n) is 6.80. The molecule has 0 aromatic heterocycles. The van der Waals surface area contributed by atoms with Crippen molar-refractivity contribution in [1.29, 1.82) is 0 Å². The molecule has 10 heteroatoms. The third-order valence-corrected chi connectivity index (χ3v) is 6.02. The van der Waals surface area contributed by atoms with Crippen LogP contribution in [0.2, 0.25) is 0 Å². The molecule has 3 N–H and O–H groups in total. The van der Waals surface area contributed by atoms with Crippen LogP contribution < -0.4 is 25.0 Å². The molecular formula is C20H23N3O6S. The van der Waals surface area contributed by atoms with Gasteiger partial charge in [-0.05, 0) is 55.2 Å². The Kier molecular flexibility index (Phi) is 6.58. The maximum absolute atomic E-state index is 12.4. The van der Waals surface area contributed by atoms with Crippen LogP contribution >= 0.6 is 0 Å². The van der Waals surface area contributed by atoms with E-state index in [4.69, 9.17) is 9.47 Å². The van der Waals surface area contributed by atoms with E-state index in [1.165, 1.54) is 50.6 Å². The summed E-state index contributed by atoms with van der Waals surface area (Å²) in [7, 11) is -0.777. The van der Waals surface area contributed by atoms with E-state index in [2.05, 4.69) is 15.6 Å². The van der Waals surface area contributed by atoms with Crippen LogP contribution in [-0.4, -0.2) is 41.0 Å². The van der Waals surface area contributed by atoms with Gasteiger partial charge in [0.1, 0.15) is 0 Å². The molecule has 0 bridgehead atoms. The van der Waals surface area contributed by atoms with Crippen LogP contribution in [-0.2, 0) is 10.0 Å². The third-order valence-electron chi connectivity index (χ3n) is 4.60. The van der Waals surface area contributed by atoms with Gasteiger partial charge in [0.05, 0.1) is 19.1 Å². The topological polar surface area (TPSA) is 123 Å². The highest BCUT2D eigenvalue weighted by Crippen LogP contribution is 2.28. The highest BCUT2D eigenvalue weighted by molar-refractivity contribution is 7.89. The third kappa shape index (κ3) is 5.28. The Morgan fingerprint density at radius 3 is 2.17 bits per heavy atom. The quantitative estimate of drug-likeness (QED) is 0.542. The highest BCUT2D eigenvalue weighted by atomic mass is 32.2. The summed E-state index contributed by atoms with van der Waals surface area (Å²) in [5.74, 6) is -0.000201. The van der Waals surface area contributed by atoms with Gasteiger partial charge in [-0.2, -0.15) is 0 Å². The standard InChI is InChI=1S/C20H23N3O6S/c1-28-17-9-8-15(11-18(17)29-2)20(25)23-22-19(24)14-4-3-5-16(10-14)30(26,27)21-12-13-6-7-13/h3-5,8-11,13,21H,6-7,12H2,1-2H3,(H,22,24)(H,23,25). The summed E-state index contributed by atoms with van der Waals surface area (Å²) >= 11 is 0. The summed E-state index contributed by atoms with van der Waals surface area (Å²) in [6, 6.07) is 10.1. The molecule has 0 unspecified atom stereocenters. The number of carbonyl (C=O) groups is 2. The van der Waals surface area contributed by atoms with E-state index >= 15 is 0 Å². The summed E-state index contributed by atoms with van der Waals surface area (Å²) in [5.41, 5.74) is 4.91. The Bertz CT molecular complexity index is 1050. The van der Waals surface area contributed by atoms with Crippen molar-refractivity contribution >= 4 is 21.8 Å². The van der Waals surface area contributed by atoms with Gasteiger partial charge in [-0.25, -0.2) is 13.1 Å². The predicted octanol–water partition coefficient (Wildman–Crippen LogP) is 1.47. The second-order valence-corrected chi connectivity index (χ2v) is 8.57. The number of ether oxygens (including phenoxy) is 2. The van der Waals surface area contributed by atoms with Crippen LogP contribution in [0, 0.1) is 5.92 Å². The van der Waals surface area contributed by atoms with E-state index in [0.717, 1.165) is 12.8 Å². The van der Waals surface area contributed by atoms with Gasteiger partial charge in [0.15, 0.2) is 11.5 Å². The molecule has 2 aromatic rings. The molecule has 2 amide bonds. The number of amides is 2. The van der Waals surface area contributed by atoms with E-state index in [0.29, 0.717) is 24.0 Å². The minimum atomic E-state index is -3.70. The first-order valence-electron chi connectivity index (χ1n) is 9.26. The molecular weight excluding hydrogens is 410 g/mol. The summed E-state index contributed by atoms with van der Waals surface area (Å²) in [4.78, 5) is 24.7. The van der Waals surface area contributed by atoms with Crippen molar-refractivity contribution in [1.82, 2.24) is 15.6 Å². The monoisotopic (exact) mass is 433 g/mol. The molecule has 1 saturated carbocycles. The molecule has 3 rings (SSSR count). The van der Waals surface area contributed by atoms with Crippen LogP contribution in [0.5, 0.6) is 11.5 Å². The van der Waals surface area contributed by atoms with E-state index in [9.17, 15) is 18.0 Å². The smallest absolute Gasteiger partial charge is 0.269 e. The largest absolute Gasteiger partial charge is 0.493 e. The van der Waals surface area contributed by atoms with E-state index in [1.807, 2.05) is 0 Å². The fourth-order valence-electron chi connectivity index (χ4n) is 2.67. The van der Waals surface area contributed by atoms with Gasteiger partial charge in [0, 0.05) is 17.7 Å². The lowest BCUT2D eigenvalue weighted by atomic mass is 10.2. The number of methoxy groups -OCH3 is 2. The van der Waals surface area contributed by atoms with Crippen LogP contribution in [0.15, 0.2) is 47.4 Å². The molecule has 30 heavy (non-hydrogen) atoms. The Hall–Kier alpha value is -3.11. The van der Waals surface area contributed by atoms with Gasteiger partial charge in [0.2, 0.25) is 10.0 Å². The number of hydrogen-bond donors (Lipinski definition) is 3. The van der Waals surface area contributed by atoms with Gasteiger partial charge in [-0.1, -0.05) is 6.07 Å². The van der Waals surface area contributed by atoms with Crippen molar-refractivity contribution in [3.63, 3.8) is 0 Å². The number of benzene rings is 2. The Morgan fingerprint density at radius 1 is 0.933 bits per heavy atom. The Balaban J connectivity index is 1.64. The van der Waals surface area contributed by atoms with Gasteiger partial charge >= 0.3 is 0 Å². The van der Waals surface area contributed by atoms with Gasteiger partial charge in [-0.3, -0.25) is 20.4 Å². The molecule has 1 fully saturated rings.